The first-order valence-corrected chi connectivity index (χ1v) is 11.9. The van der Waals surface area contributed by atoms with Crippen LogP contribution >= 0.6 is 24.0 Å². The van der Waals surface area contributed by atoms with Gasteiger partial charge in [-0.25, -0.2) is 4.79 Å². The minimum Gasteiger partial charge on any atom is -0.493 e. The number of carboxylic acid groups (broad SMARTS) is 1. The maximum absolute atomic E-state index is 13.0. The fourth-order valence-corrected chi connectivity index (χ4v) is 4.86. The molecule has 0 saturated carbocycles. The van der Waals surface area contributed by atoms with Crippen LogP contribution in [0.3, 0.4) is 0 Å². The van der Waals surface area contributed by atoms with E-state index in [0.29, 0.717) is 58.3 Å². The normalized spacial score (nSPS) is 17.1. The standard InChI is InChI=1S/C24H22N2O7S2/c1-31-19-11-15(5-6-18(19)33-14-21(27)25-7-9-32-10-8-25)12-20-22(28)26(24(34)35-20)17-4-2-3-16(13-17)23(29)30/h2-6,11-13H,7-10,14H2,1H3,(H,29,30)/b20-12+. The van der Waals surface area contributed by atoms with Gasteiger partial charge in [-0.05, 0) is 42.0 Å². The molecule has 0 radical (unpaired) electrons. The van der Waals surface area contributed by atoms with E-state index in [1.165, 1.54) is 24.1 Å². The largest absolute Gasteiger partial charge is 0.493 e. The SMILES string of the molecule is COc1cc(/C=C2/SC(=S)N(c3cccc(C(=O)O)c3)C2=O)ccc1OCC(=O)N1CCOCC1. The van der Waals surface area contributed by atoms with E-state index in [1.807, 2.05) is 0 Å². The van der Waals surface area contributed by atoms with Crippen LogP contribution in [0.4, 0.5) is 5.69 Å². The summed E-state index contributed by atoms with van der Waals surface area (Å²) in [6.45, 7) is 1.99. The number of anilines is 1. The summed E-state index contributed by atoms with van der Waals surface area (Å²) in [5.41, 5.74) is 1.13. The monoisotopic (exact) mass is 514 g/mol. The molecule has 1 N–H and O–H groups in total. The maximum Gasteiger partial charge on any atom is 0.335 e. The number of carboxylic acids is 1. The van der Waals surface area contributed by atoms with E-state index in [9.17, 15) is 19.5 Å². The topological polar surface area (TPSA) is 106 Å². The van der Waals surface area contributed by atoms with Crippen molar-refractivity contribution in [3.05, 3.63) is 58.5 Å². The van der Waals surface area contributed by atoms with Gasteiger partial charge in [0.15, 0.2) is 22.4 Å². The second-order valence-electron chi connectivity index (χ2n) is 7.56. The zero-order valence-corrected chi connectivity index (χ0v) is 20.4. The average Bonchev–Trinajstić information content (AvgIpc) is 3.15. The molecule has 11 heteroatoms. The minimum atomic E-state index is -1.09. The van der Waals surface area contributed by atoms with Crippen molar-refractivity contribution in [2.45, 2.75) is 0 Å². The number of nitrogens with zero attached hydrogens (tertiary/aromatic N) is 2. The molecule has 182 valence electrons. The summed E-state index contributed by atoms with van der Waals surface area (Å²) in [6, 6.07) is 11.2. The van der Waals surface area contributed by atoms with Crippen LogP contribution in [0.15, 0.2) is 47.4 Å². The van der Waals surface area contributed by atoms with Crippen molar-refractivity contribution in [3.8, 4) is 11.5 Å². The van der Waals surface area contributed by atoms with E-state index >= 15 is 0 Å². The van der Waals surface area contributed by atoms with E-state index < -0.39 is 5.97 Å². The Morgan fingerprint density at radius 3 is 2.66 bits per heavy atom. The Kier molecular flexibility index (Phi) is 7.69. The molecule has 0 aliphatic carbocycles. The Morgan fingerprint density at radius 1 is 1.17 bits per heavy atom. The lowest BCUT2D eigenvalue weighted by atomic mass is 10.1. The van der Waals surface area contributed by atoms with Crippen LogP contribution in [-0.2, 0) is 14.3 Å². The van der Waals surface area contributed by atoms with Crippen LogP contribution in [0.2, 0.25) is 0 Å². The number of benzene rings is 2. The number of hydrogen-bond acceptors (Lipinski definition) is 8. The number of thioether (sulfide) groups is 1. The summed E-state index contributed by atoms with van der Waals surface area (Å²) in [4.78, 5) is 40.1. The molecule has 4 rings (SSSR count). The van der Waals surface area contributed by atoms with E-state index in [-0.39, 0.29) is 24.0 Å². The molecule has 0 unspecified atom stereocenters. The van der Waals surface area contributed by atoms with Gasteiger partial charge >= 0.3 is 5.97 Å². The number of methoxy groups -OCH3 is 1. The van der Waals surface area contributed by atoms with Crippen LogP contribution in [0.1, 0.15) is 15.9 Å². The van der Waals surface area contributed by atoms with E-state index in [2.05, 4.69) is 0 Å². The highest BCUT2D eigenvalue weighted by Crippen LogP contribution is 2.37. The van der Waals surface area contributed by atoms with Crippen molar-refractivity contribution >= 4 is 57.8 Å². The second kappa shape index (κ2) is 10.9. The van der Waals surface area contributed by atoms with Gasteiger partial charge in [0.05, 0.1) is 36.5 Å². The van der Waals surface area contributed by atoms with Crippen LogP contribution < -0.4 is 14.4 Å². The molecule has 0 atom stereocenters. The highest BCUT2D eigenvalue weighted by Gasteiger charge is 2.33. The van der Waals surface area contributed by atoms with E-state index in [4.69, 9.17) is 26.4 Å². The molecule has 9 nitrogen and oxygen atoms in total. The van der Waals surface area contributed by atoms with Crippen LogP contribution in [0, 0.1) is 0 Å². The summed E-state index contributed by atoms with van der Waals surface area (Å²) < 4.78 is 16.7. The zero-order valence-electron chi connectivity index (χ0n) is 18.8. The molecule has 2 aliphatic rings. The minimum absolute atomic E-state index is 0.0629. The van der Waals surface area contributed by atoms with Gasteiger partial charge in [0.2, 0.25) is 0 Å². The summed E-state index contributed by atoms with van der Waals surface area (Å²) >= 11 is 6.50. The number of amides is 2. The lowest BCUT2D eigenvalue weighted by Crippen LogP contribution is -2.43. The molecule has 2 saturated heterocycles. The van der Waals surface area contributed by atoms with Gasteiger partial charge in [0.1, 0.15) is 0 Å². The van der Waals surface area contributed by atoms with Crippen LogP contribution in [0.5, 0.6) is 11.5 Å². The summed E-state index contributed by atoms with van der Waals surface area (Å²) in [7, 11) is 1.49. The van der Waals surface area contributed by atoms with E-state index in [1.54, 1.807) is 41.3 Å². The van der Waals surface area contributed by atoms with Crippen LogP contribution in [-0.4, -0.2) is 72.1 Å². The Hall–Kier alpha value is -3.41. The first kappa shape index (κ1) is 24.7. The van der Waals surface area contributed by atoms with Gasteiger partial charge in [-0.1, -0.05) is 36.1 Å². The molecule has 35 heavy (non-hydrogen) atoms. The predicted molar refractivity (Wildman–Crippen MR) is 135 cm³/mol. The molecular formula is C24H22N2O7S2. The molecule has 2 fully saturated rings. The number of rotatable bonds is 7. The molecular weight excluding hydrogens is 492 g/mol. The highest BCUT2D eigenvalue weighted by molar-refractivity contribution is 8.27. The van der Waals surface area contributed by atoms with Crippen molar-refractivity contribution in [1.82, 2.24) is 4.90 Å². The molecule has 2 aromatic carbocycles. The summed E-state index contributed by atoms with van der Waals surface area (Å²) in [5, 5.41) is 9.24. The molecule has 0 spiro atoms. The van der Waals surface area contributed by atoms with Gasteiger partial charge in [-0.15, -0.1) is 0 Å². The number of hydrogen-bond donors (Lipinski definition) is 1. The molecule has 0 bridgehead atoms. The number of ether oxygens (including phenoxy) is 3. The molecule has 2 heterocycles. The Labute approximate surface area is 211 Å². The predicted octanol–water partition coefficient (Wildman–Crippen LogP) is 3.04. The quantitative estimate of drug-likeness (QED) is 0.441. The highest BCUT2D eigenvalue weighted by atomic mass is 32.2. The average molecular weight is 515 g/mol. The third kappa shape index (κ3) is 5.64. The van der Waals surface area contributed by atoms with Crippen molar-refractivity contribution in [3.63, 3.8) is 0 Å². The van der Waals surface area contributed by atoms with Gasteiger partial charge in [0, 0.05) is 13.1 Å². The smallest absolute Gasteiger partial charge is 0.335 e. The fraction of sp³-hybridized carbons (Fsp3) is 0.250. The van der Waals surface area contributed by atoms with Gasteiger partial charge in [-0.3, -0.25) is 14.5 Å². The first-order chi connectivity index (χ1) is 16.9. The van der Waals surface area contributed by atoms with E-state index in [0.717, 1.165) is 11.8 Å². The van der Waals surface area contributed by atoms with Crippen molar-refractivity contribution < 1.29 is 33.7 Å². The van der Waals surface area contributed by atoms with Gasteiger partial charge in [-0.2, -0.15) is 0 Å². The lowest BCUT2D eigenvalue weighted by molar-refractivity contribution is -0.137. The fourth-order valence-electron chi connectivity index (χ4n) is 3.56. The first-order valence-electron chi connectivity index (χ1n) is 10.6. The van der Waals surface area contributed by atoms with Gasteiger partial charge in [0.25, 0.3) is 11.8 Å². The second-order valence-corrected chi connectivity index (χ2v) is 9.24. The number of morpholine rings is 1. The Morgan fingerprint density at radius 2 is 1.94 bits per heavy atom. The summed E-state index contributed by atoms with van der Waals surface area (Å²) in [5.74, 6) is -0.746. The Bertz CT molecular complexity index is 1210. The third-order valence-corrected chi connectivity index (χ3v) is 6.65. The van der Waals surface area contributed by atoms with Crippen LogP contribution in [0.25, 0.3) is 6.08 Å². The van der Waals surface area contributed by atoms with Gasteiger partial charge < -0.3 is 24.2 Å². The molecule has 2 aromatic rings. The molecule has 0 aromatic heterocycles. The number of carbonyl (C=O) groups is 3. The van der Waals surface area contributed by atoms with Crippen molar-refractivity contribution in [2.75, 3.05) is 44.9 Å². The third-order valence-electron chi connectivity index (χ3n) is 5.35. The maximum atomic E-state index is 13.0. The number of carbonyl (C=O) groups excluding carboxylic acids is 2. The zero-order chi connectivity index (χ0) is 24.9. The van der Waals surface area contributed by atoms with Crippen molar-refractivity contribution in [1.29, 1.82) is 0 Å². The van der Waals surface area contributed by atoms with Crippen molar-refractivity contribution in [2.24, 2.45) is 0 Å². The number of thiocarbonyl (C=S) groups is 1. The Balaban J connectivity index is 1.48. The number of aromatic carboxylic acids is 1. The summed E-state index contributed by atoms with van der Waals surface area (Å²) in [6.07, 6.45) is 1.67. The molecule has 2 aliphatic heterocycles. The lowest BCUT2D eigenvalue weighted by Gasteiger charge is -2.26. The molecule has 2 amide bonds.